The van der Waals surface area contributed by atoms with Gasteiger partial charge in [-0.1, -0.05) is 6.07 Å². The van der Waals surface area contributed by atoms with Gasteiger partial charge < -0.3 is 4.74 Å². The summed E-state index contributed by atoms with van der Waals surface area (Å²) >= 11 is 6.08. The summed E-state index contributed by atoms with van der Waals surface area (Å²) in [5, 5.41) is 0. The SMILES string of the molecule is COc1ccc(C)cc1-n1c(CCl)nc2ccc(C)nc21. The van der Waals surface area contributed by atoms with Crippen molar-refractivity contribution in [3.05, 3.63) is 47.4 Å². The van der Waals surface area contributed by atoms with Gasteiger partial charge in [0, 0.05) is 5.69 Å². The van der Waals surface area contributed by atoms with Crippen LogP contribution in [0.2, 0.25) is 0 Å². The fraction of sp³-hybridized carbons (Fsp3) is 0.250. The van der Waals surface area contributed by atoms with Crippen LogP contribution in [0.25, 0.3) is 16.9 Å². The molecule has 0 saturated carbocycles. The monoisotopic (exact) mass is 301 g/mol. The van der Waals surface area contributed by atoms with Crippen LogP contribution in [0.5, 0.6) is 5.75 Å². The normalized spacial score (nSPS) is 11.0. The Hall–Kier alpha value is -2.07. The minimum absolute atomic E-state index is 0.312. The number of benzene rings is 1. The Balaban J connectivity index is 2.38. The second-order valence-electron chi connectivity index (χ2n) is 4.97. The van der Waals surface area contributed by atoms with E-state index in [1.54, 1.807) is 7.11 Å². The molecule has 2 heterocycles. The third kappa shape index (κ3) is 2.36. The minimum atomic E-state index is 0.312. The lowest BCUT2D eigenvalue weighted by molar-refractivity contribution is 0.412. The molecule has 0 radical (unpaired) electrons. The molecule has 4 nitrogen and oxygen atoms in total. The second-order valence-corrected chi connectivity index (χ2v) is 5.24. The van der Waals surface area contributed by atoms with Crippen LogP contribution in [-0.4, -0.2) is 21.6 Å². The fourth-order valence-electron chi connectivity index (χ4n) is 2.42. The van der Waals surface area contributed by atoms with Crippen LogP contribution in [0, 0.1) is 13.8 Å². The largest absolute Gasteiger partial charge is 0.495 e. The number of nitrogens with zero attached hydrogens (tertiary/aromatic N) is 3. The smallest absolute Gasteiger partial charge is 0.165 e. The highest BCUT2D eigenvalue weighted by molar-refractivity contribution is 6.17. The van der Waals surface area contributed by atoms with Crippen molar-refractivity contribution in [1.82, 2.24) is 14.5 Å². The van der Waals surface area contributed by atoms with E-state index in [0.717, 1.165) is 39.7 Å². The highest BCUT2D eigenvalue weighted by Crippen LogP contribution is 2.29. The topological polar surface area (TPSA) is 39.9 Å². The number of halogens is 1. The number of hydrogen-bond acceptors (Lipinski definition) is 3. The molecule has 0 amide bonds. The number of fused-ring (bicyclic) bond motifs is 1. The third-order valence-electron chi connectivity index (χ3n) is 3.41. The number of methoxy groups -OCH3 is 1. The molecule has 0 fully saturated rings. The quantitative estimate of drug-likeness (QED) is 0.691. The average Bonchev–Trinajstić information content (AvgIpc) is 2.84. The van der Waals surface area contributed by atoms with E-state index < -0.39 is 0 Å². The summed E-state index contributed by atoms with van der Waals surface area (Å²) in [4.78, 5) is 9.18. The summed E-state index contributed by atoms with van der Waals surface area (Å²) in [5.74, 6) is 1.84. The summed E-state index contributed by atoms with van der Waals surface area (Å²) in [6, 6.07) is 9.93. The lowest BCUT2D eigenvalue weighted by Crippen LogP contribution is -2.03. The maximum atomic E-state index is 6.08. The Bertz CT molecular complexity index is 811. The first-order valence-electron chi connectivity index (χ1n) is 6.70. The number of rotatable bonds is 3. The van der Waals surface area contributed by atoms with Crippen molar-refractivity contribution in [3.8, 4) is 11.4 Å². The summed E-state index contributed by atoms with van der Waals surface area (Å²) in [6.45, 7) is 4.01. The average molecular weight is 302 g/mol. The Morgan fingerprint density at radius 3 is 2.67 bits per heavy atom. The van der Waals surface area contributed by atoms with Crippen LogP contribution in [0.1, 0.15) is 17.1 Å². The van der Waals surface area contributed by atoms with Gasteiger partial charge in [0.05, 0.1) is 18.7 Å². The van der Waals surface area contributed by atoms with Gasteiger partial charge in [0.1, 0.15) is 17.1 Å². The van der Waals surface area contributed by atoms with E-state index in [-0.39, 0.29) is 0 Å². The second kappa shape index (κ2) is 5.37. The molecule has 0 bridgehead atoms. The van der Waals surface area contributed by atoms with Crippen LogP contribution >= 0.6 is 11.6 Å². The predicted molar refractivity (Wildman–Crippen MR) is 84.4 cm³/mol. The van der Waals surface area contributed by atoms with E-state index >= 15 is 0 Å². The van der Waals surface area contributed by atoms with Gasteiger partial charge in [-0.05, 0) is 43.7 Å². The summed E-state index contributed by atoms with van der Waals surface area (Å²) in [6.07, 6.45) is 0. The van der Waals surface area contributed by atoms with Crippen LogP contribution in [0.4, 0.5) is 0 Å². The Morgan fingerprint density at radius 1 is 1.14 bits per heavy atom. The third-order valence-corrected chi connectivity index (χ3v) is 3.65. The molecule has 0 spiro atoms. The molecular weight excluding hydrogens is 286 g/mol. The number of hydrogen-bond donors (Lipinski definition) is 0. The van der Waals surface area contributed by atoms with Crippen LogP contribution in [0.3, 0.4) is 0 Å². The highest BCUT2D eigenvalue weighted by atomic mass is 35.5. The van der Waals surface area contributed by atoms with Crippen molar-refractivity contribution in [2.24, 2.45) is 0 Å². The first kappa shape index (κ1) is 13.9. The van der Waals surface area contributed by atoms with Gasteiger partial charge in [-0.15, -0.1) is 11.6 Å². The Morgan fingerprint density at radius 2 is 1.95 bits per heavy atom. The van der Waals surface area contributed by atoms with Crippen LogP contribution in [0.15, 0.2) is 30.3 Å². The molecule has 21 heavy (non-hydrogen) atoms. The molecule has 0 saturated heterocycles. The molecular formula is C16H16ClN3O. The van der Waals surface area contributed by atoms with Crippen molar-refractivity contribution < 1.29 is 4.74 Å². The zero-order chi connectivity index (χ0) is 15.0. The van der Waals surface area contributed by atoms with Gasteiger partial charge in [-0.3, -0.25) is 4.57 Å². The maximum Gasteiger partial charge on any atom is 0.165 e. The van der Waals surface area contributed by atoms with E-state index in [1.165, 1.54) is 0 Å². The summed E-state index contributed by atoms with van der Waals surface area (Å²) in [7, 11) is 1.66. The van der Waals surface area contributed by atoms with E-state index in [9.17, 15) is 0 Å². The molecule has 108 valence electrons. The number of aryl methyl sites for hydroxylation is 2. The van der Waals surface area contributed by atoms with Crippen molar-refractivity contribution >= 4 is 22.8 Å². The Labute approximate surface area is 128 Å². The van der Waals surface area contributed by atoms with E-state index in [4.69, 9.17) is 16.3 Å². The van der Waals surface area contributed by atoms with Crippen molar-refractivity contribution in [2.45, 2.75) is 19.7 Å². The van der Waals surface area contributed by atoms with E-state index in [0.29, 0.717) is 5.88 Å². The van der Waals surface area contributed by atoms with Gasteiger partial charge in [-0.25, -0.2) is 9.97 Å². The standard InChI is InChI=1S/C16H16ClN3O/c1-10-4-7-14(21-3)13(8-10)20-15(9-17)19-12-6-5-11(2)18-16(12)20/h4-8H,9H2,1-3H3. The number of aromatic nitrogens is 3. The van der Waals surface area contributed by atoms with Crippen molar-refractivity contribution in [3.63, 3.8) is 0 Å². The number of ether oxygens (including phenoxy) is 1. The molecule has 3 aromatic rings. The van der Waals surface area contributed by atoms with E-state index in [2.05, 4.69) is 16.0 Å². The molecule has 0 aliphatic carbocycles. The molecule has 0 unspecified atom stereocenters. The number of imidazole rings is 1. The summed E-state index contributed by atoms with van der Waals surface area (Å²) < 4.78 is 7.46. The lowest BCUT2D eigenvalue weighted by atomic mass is 10.2. The van der Waals surface area contributed by atoms with Crippen LogP contribution in [-0.2, 0) is 5.88 Å². The Kier molecular flexibility index (Phi) is 3.55. The molecule has 5 heteroatoms. The first-order chi connectivity index (χ1) is 10.1. The van der Waals surface area contributed by atoms with E-state index in [1.807, 2.05) is 42.7 Å². The van der Waals surface area contributed by atoms with Crippen molar-refractivity contribution in [2.75, 3.05) is 7.11 Å². The molecule has 0 aliphatic rings. The van der Waals surface area contributed by atoms with Gasteiger partial charge in [0.15, 0.2) is 5.65 Å². The zero-order valence-corrected chi connectivity index (χ0v) is 13.0. The predicted octanol–water partition coefficient (Wildman–Crippen LogP) is 3.78. The molecule has 1 aromatic carbocycles. The molecule has 3 rings (SSSR count). The molecule has 0 aliphatic heterocycles. The molecule has 2 aromatic heterocycles. The summed E-state index contributed by atoms with van der Waals surface area (Å²) in [5.41, 5.74) is 4.63. The maximum absolute atomic E-state index is 6.08. The number of pyridine rings is 1. The van der Waals surface area contributed by atoms with Crippen LogP contribution < -0.4 is 4.74 Å². The van der Waals surface area contributed by atoms with Gasteiger partial charge in [0.2, 0.25) is 0 Å². The van der Waals surface area contributed by atoms with Gasteiger partial charge in [-0.2, -0.15) is 0 Å². The van der Waals surface area contributed by atoms with Gasteiger partial charge in [0.25, 0.3) is 0 Å². The zero-order valence-electron chi connectivity index (χ0n) is 12.2. The highest BCUT2D eigenvalue weighted by Gasteiger charge is 2.16. The molecule has 0 atom stereocenters. The first-order valence-corrected chi connectivity index (χ1v) is 7.23. The van der Waals surface area contributed by atoms with Gasteiger partial charge >= 0.3 is 0 Å². The molecule has 0 N–H and O–H groups in total. The van der Waals surface area contributed by atoms with Crippen molar-refractivity contribution in [1.29, 1.82) is 0 Å². The lowest BCUT2D eigenvalue weighted by Gasteiger charge is -2.13. The fourth-order valence-corrected chi connectivity index (χ4v) is 2.60. The number of alkyl halides is 1. The minimum Gasteiger partial charge on any atom is -0.495 e.